The second kappa shape index (κ2) is 4.85. The number of likely N-dealkylation sites (N-methyl/N-ethyl adjacent to an activating group) is 1. The van der Waals surface area contributed by atoms with E-state index in [9.17, 15) is 4.79 Å². The van der Waals surface area contributed by atoms with E-state index in [4.69, 9.17) is 5.73 Å². The first kappa shape index (κ1) is 13.9. The van der Waals surface area contributed by atoms with E-state index in [0.717, 1.165) is 17.8 Å². The smallest absolute Gasteiger partial charge is 0.324 e. The summed E-state index contributed by atoms with van der Waals surface area (Å²) in [5.74, 6) is 0. The van der Waals surface area contributed by atoms with Gasteiger partial charge < -0.3 is 10.6 Å². The molecule has 104 valence electrons. The summed E-state index contributed by atoms with van der Waals surface area (Å²) >= 11 is 0. The predicted molar refractivity (Wildman–Crippen MR) is 78.1 cm³/mol. The van der Waals surface area contributed by atoms with Crippen molar-refractivity contribution in [1.82, 2.24) is 4.90 Å². The third-order valence-corrected chi connectivity index (χ3v) is 3.84. The van der Waals surface area contributed by atoms with E-state index in [-0.39, 0.29) is 17.5 Å². The molecule has 0 aliphatic carbocycles. The van der Waals surface area contributed by atoms with Gasteiger partial charge in [-0.2, -0.15) is 0 Å². The van der Waals surface area contributed by atoms with Crippen LogP contribution >= 0.6 is 0 Å². The van der Waals surface area contributed by atoms with Crippen LogP contribution in [0.2, 0.25) is 0 Å². The maximum atomic E-state index is 12.3. The lowest BCUT2D eigenvalue weighted by Crippen LogP contribution is -2.39. The Hall–Kier alpha value is -1.55. The molecule has 1 aromatic carbocycles. The van der Waals surface area contributed by atoms with Crippen molar-refractivity contribution >= 4 is 11.7 Å². The highest BCUT2D eigenvalue weighted by molar-refractivity contribution is 5.94. The molecule has 4 heteroatoms. The molecule has 2 amide bonds. The summed E-state index contributed by atoms with van der Waals surface area (Å²) in [5, 5.41) is 0. The molecule has 19 heavy (non-hydrogen) atoms. The zero-order valence-electron chi connectivity index (χ0n) is 12.2. The van der Waals surface area contributed by atoms with E-state index in [1.54, 1.807) is 0 Å². The van der Waals surface area contributed by atoms with Crippen LogP contribution < -0.4 is 10.6 Å². The number of hydrogen-bond donors (Lipinski definition) is 1. The van der Waals surface area contributed by atoms with Gasteiger partial charge in [-0.25, -0.2) is 4.79 Å². The van der Waals surface area contributed by atoms with E-state index < -0.39 is 0 Å². The average molecular weight is 261 g/mol. The van der Waals surface area contributed by atoms with E-state index in [1.165, 1.54) is 0 Å². The van der Waals surface area contributed by atoms with Crippen LogP contribution in [0.4, 0.5) is 10.5 Å². The first-order valence-electron chi connectivity index (χ1n) is 6.68. The number of anilines is 1. The molecule has 1 heterocycles. The van der Waals surface area contributed by atoms with Crippen molar-refractivity contribution < 1.29 is 4.79 Å². The number of nitrogens with zero attached hydrogens (tertiary/aromatic N) is 2. The molecule has 2 N–H and O–H groups in total. The predicted octanol–water partition coefficient (Wildman–Crippen LogP) is 2.43. The minimum Gasteiger partial charge on any atom is -0.326 e. The number of nitrogens with two attached hydrogens (primary N) is 1. The highest BCUT2D eigenvalue weighted by Crippen LogP contribution is 2.32. The lowest BCUT2D eigenvalue weighted by molar-refractivity contribution is 0.174. The van der Waals surface area contributed by atoms with Crippen molar-refractivity contribution in [1.29, 1.82) is 0 Å². The van der Waals surface area contributed by atoms with Crippen LogP contribution in [0.5, 0.6) is 0 Å². The minimum atomic E-state index is 0.0698. The van der Waals surface area contributed by atoms with Gasteiger partial charge in [-0.05, 0) is 23.1 Å². The van der Waals surface area contributed by atoms with Crippen molar-refractivity contribution in [2.45, 2.75) is 33.4 Å². The Labute approximate surface area is 115 Å². The number of amides is 2. The normalized spacial score (nSPS) is 20.3. The number of hydrogen-bond acceptors (Lipinski definition) is 2. The maximum Gasteiger partial charge on any atom is 0.324 e. The Kier molecular flexibility index (Phi) is 3.54. The summed E-state index contributed by atoms with van der Waals surface area (Å²) in [5.41, 5.74) is 7.70. The second-order valence-corrected chi connectivity index (χ2v) is 6.26. The number of carbonyl (C=O) groups is 1. The van der Waals surface area contributed by atoms with Crippen molar-refractivity contribution in [3.63, 3.8) is 0 Å². The summed E-state index contributed by atoms with van der Waals surface area (Å²) in [4.78, 5) is 16.0. The van der Waals surface area contributed by atoms with E-state index in [0.29, 0.717) is 6.54 Å². The molecule has 1 aromatic rings. The van der Waals surface area contributed by atoms with Gasteiger partial charge in [0.05, 0.1) is 6.04 Å². The molecule has 1 unspecified atom stereocenters. The minimum absolute atomic E-state index is 0.0698. The van der Waals surface area contributed by atoms with Crippen LogP contribution in [-0.2, 0) is 6.54 Å². The summed E-state index contributed by atoms with van der Waals surface area (Å²) < 4.78 is 0. The Bertz CT molecular complexity index is 461. The number of urea groups is 1. The standard InChI is InChI=1S/C15H23N3O/c1-15(2,3)13-10-18(14(19)17(13)4)12-7-5-11(9-16)6-8-12/h5-8,13H,9-10,16H2,1-4H3. The molecule has 1 aliphatic rings. The third kappa shape index (κ3) is 2.59. The summed E-state index contributed by atoms with van der Waals surface area (Å²) in [6.45, 7) is 7.77. The number of rotatable bonds is 2. The fourth-order valence-corrected chi connectivity index (χ4v) is 2.58. The molecule has 1 saturated heterocycles. The van der Waals surface area contributed by atoms with E-state index in [1.807, 2.05) is 41.1 Å². The molecule has 0 spiro atoms. The lowest BCUT2D eigenvalue weighted by atomic mass is 9.86. The van der Waals surface area contributed by atoms with Crippen molar-refractivity contribution in [3.8, 4) is 0 Å². The van der Waals surface area contributed by atoms with Gasteiger partial charge in [-0.3, -0.25) is 4.90 Å². The Morgan fingerprint density at radius 2 is 1.84 bits per heavy atom. The molecule has 1 fully saturated rings. The largest absolute Gasteiger partial charge is 0.326 e. The molecular formula is C15H23N3O. The quantitative estimate of drug-likeness (QED) is 0.889. The molecular weight excluding hydrogens is 238 g/mol. The third-order valence-electron chi connectivity index (χ3n) is 3.84. The average Bonchev–Trinajstić information content (AvgIpc) is 2.66. The summed E-state index contributed by atoms with van der Waals surface area (Å²) in [6.07, 6.45) is 0. The van der Waals surface area contributed by atoms with Crippen LogP contribution in [-0.4, -0.2) is 30.6 Å². The Morgan fingerprint density at radius 3 is 2.26 bits per heavy atom. The summed E-state index contributed by atoms with van der Waals surface area (Å²) in [7, 11) is 1.88. The van der Waals surface area contributed by atoms with Gasteiger partial charge in [0, 0.05) is 25.8 Å². The van der Waals surface area contributed by atoms with E-state index >= 15 is 0 Å². The topological polar surface area (TPSA) is 49.6 Å². The molecule has 0 saturated carbocycles. The van der Waals surface area contributed by atoms with Crippen molar-refractivity contribution in [3.05, 3.63) is 29.8 Å². The molecule has 0 aromatic heterocycles. The number of carbonyl (C=O) groups excluding carboxylic acids is 1. The van der Waals surface area contributed by atoms with Gasteiger partial charge in [0.25, 0.3) is 0 Å². The molecule has 1 atom stereocenters. The zero-order chi connectivity index (χ0) is 14.2. The van der Waals surface area contributed by atoms with Gasteiger partial charge in [0.15, 0.2) is 0 Å². The molecule has 2 rings (SSSR count). The van der Waals surface area contributed by atoms with Gasteiger partial charge in [-0.15, -0.1) is 0 Å². The maximum absolute atomic E-state index is 12.3. The van der Waals surface area contributed by atoms with Crippen molar-refractivity contribution in [2.75, 3.05) is 18.5 Å². The SMILES string of the molecule is CN1C(=O)N(c2ccc(CN)cc2)CC1C(C)(C)C. The van der Waals surface area contributed by atoms with Crippen LogP contribution in [0, 0.1) is 5.41 Å². The fourth-order valence-electron chi connectivity index (χ4n) is 2.58. The number of benzene rings is 1. The first-order valence-corrected chi connectivity index (χ1v) is 6.68. The van der Waals surface area contributed by atoms with Crippen molar-refractivity contribution in [2.24, 2.45) is 11.1 Å². The summed E-state index contributed by atoms with van der Waals surface area (Å²) in [6, 6.07) is 8.20. The highest BCUT2D eigenvalue weighted by atomic mass is 16.2. The highest BCUT2D eigenvalue weighted by Gasteiger charge is 2.41. The van der Waals surface area contributed by atoms with Gasteiger partial charge in [0.2, 0.25) is 0 Å². The van der Waals surface area contributed by atoms with E-state index in [2.05, 4.69) is 20.8 Å². The van der Waals surface area contributed by atoms with Crippen LogP contribution in [0.3, 0.4) is 0 Å². The molecule has 1 aliphatic heterocycles. The van der Waals surface area contributed by atoms with Gasteiger partial charge >= 0.3 is 6.03 Å². The lowest BCUT2D eigenvalue weighted by Gasteiger charge is -2.30. The molecule has 4 nitrogen and oxygen atoms in total. The second-order valence-electron chi connectivity index (χ2n) is 6.26. The van der Waals surface area contributed by atoms with Crippen LogP contribution in [0.15, 0.2) is 24.3 Å². The van der Waals surface area contributed by atoms with Gasteiger partial charge in [0.1, 0.15) is 0 Å². The zero-order valence-corrected chi connectivity index (χ0v) is 12.2. The Morgan fingerprint density at radius 1 is 1.26 bits per heavy atom. The molecule has 0 bridgehead atoms. The fraction of sp³-hybridized carbons (Fsp3) is 0.533. The monoisotopic (exact) mass is 261 g/mol. The van der Waals surface area contributed by atoms with Gasteiger partial charge in [-0.1, -0.05) is 32.9 Å². The van der Waals surface area contributed by atoms with Crippen LogP contribution in [0.25, 0.3) is 0 Å². The van der Waals surface area contributed by atoms with Crippen LogP contribution in [0.1, 0.15) is 26.3 Å². The molecule has 0 radical (unpaired) electrons. The first-order chi connectivity index (χ1) is 8.84. The Balaban J connectivity index is 2.24.